The third kappa shape index (κ3) is 4.03. The van der Waals surface area contributed by atoms with Crippen LogP contribution in [0.15, 0.2) is 29.2 Å². The lowest BCUT2D eigenvalue weighted by atomic mass is 10.2. The zero-order valence-electron chi connectivity index (χ0n) is 8.37. The molecule has 0 bridgehead atoms. The Bertz CT molecular complexity index is 326. The maximum atomic E-state index is 12.0. The van der Waals surface area contributed by atoms with E-state index in [1.165, 1.54) is 0 Å². The highest BCUT2D eigenvalue weighted by molar-refractivity contribution is 7.99. The minimum Gasteiger partial charge on any atom is -0.383 e. The summed E-state index contributed by atoms with van der Waals surface area (Å²) in [4.78, 5) is 0.681. The molecular formula is C10H12F3NOS. The lowest BCUT2D eigenvalue weighted by Gasteiger charge is -2.13. The lowest BCUT2D eigenvalue weighted by Crippen LogP contribution is -2.30. The Labute approximate surface area is 95.6 Å². The van der Waals surface area contributed by atoms with Crippen molar-refractivity contribution in [1.82, 2.24) is 0 Å². The Morgan fingerprint density at radius 2 is 1.81 bits per heavy atom. The van der Waals surface area contributed by atoms with Gasteiger partial charge in [0.1, 0.15) is 0 Å². The molecule has 1 rings (SSSR count). The number of benzene rings is 1. The van der Waals surface area contributed by atoms with E-state index >= 15 is 0 Å². The molecule has 90 valence electrons. The van der Waals surface area contributed by atoms with Crippen molar-refractivity contribution in [3.05, 3.63) is 29.8 Å². The summed E-state index contributed by atoms with van der Waals surface area (Å²) in [6.07, 6.45) is -6.84. The average molecular weight is 251 g/mol. The van der Waals surface area contributed by atoms with Gasteiger partial charge in [0.15, 0.2) is 6.10 Å². The van der Waals surface area contributed by atoms with E-state index in [4.69, 9.17) is 10.8 Å². The number of aliphatic hydroxyl groups is 1. The molecule has 0 radical (unpaired) electrons. The molecule has 0 saturated heterocycles. The molecule has 0 aliphatic rings. The molecule has 3 N–H and O–H groups in total. The van der Waals surface area contributed by atoms with Gasteiger partial charge in [-0.05, 0) is 17.7 Å². The fourth-order valence-corrected chi connectivity index (χ4v) is 1.86. The molecule has 0 fully saturated rings. The molecule has 0 amide bonds. The maximum Gasteiger partial charge on any atom is 0.415 e. The minimum absolute atomic E-state index is 0.397. The topological polar surface area (TPSA) is 46.2 Å². The molecule has 0 spiro atoms. The largest absolute Gasteiger partial charge is 0.415 e. The number of alkyl halides is 3. The number of halogens is 3. The first-order chi connectivity index (χ1) is 7.43. The van der Waals surface area contributed by atoms with Crippen molar-refractivity contribution < 1.29 is 18.3 Å². The Balaban J connectivity index is 2.48. The van der Waals surface area contributed by atoms with Gasteiger partial charge >= 0.3 is 6.18 Å². The van der Waals surface area contributed by atoms with Crippen LogP contribution in [0, 0.1) is 0 Å². The summed E-state index contributed by atoms with van der Waals surface area (Å²) < 4.78 is 36.0. The van der Waals surface area contributed by atoms with Gasteiger partial charge in [-0.2, -0.15) is 13.2 Å². The summed E-state index contributed by atoms with van der Waals surface area (Å²) in [5.41, 5.74) is 6.30. The molecule has 1 aromatic carbocycles. The molecule has 0 aromatic heterocycles. The third-order valence-corrected chi connectivity index (χ3v) is 3.03. The monoisotopic (exact) mass is 251 g/mol. The zero-order chi connectivity index (χ0) is 12.2. The molecule has 6 heteroatoms. The standard InChI is InChI=1S/C10H12F3NOS/c11-10(12,13)9(15)6-16-8-3-1-7(5-14)2-4-8/h1-4,9,15H,5-6,14H2. The highest BCUT2D eigenvalue weighted by Gasteiger charge is 2.37. The Kier molecular flexibility index (Phi) is 4.64. The van der Waals surface area contributed by atoms with Gasteiger partial charge in [-0.25, -0.2) is 0 Å². The summed E-state index contributed by atoms with van der Waals surface area (Å²) in [6, 6.07) is 6.89. The second-order valence-electron chi connectivity index (χ2n) is 3.22. The Morgan fingerprint density at radius 3 is 2.25 bits per heavy atom. The van der Waals surface area contributed by atoms with Gasteiger partial charge in [-0.3, -0.25) is 0 Å². The highest BCUT2D eigenvalue weighted by Crippen LogP contribution is 2.26. The van der Waals surface area contributed by atoms with E-state index < -0.39 is 18.0 Å². The number of aliphatic hydroxyl groups excluding tert-OH is 1. The molecule has 1 atom stereocenters. The summed E-state index contributed by atoms with van der Waals surface area (Å²) in [5, 5.41) is 8.78. The van der Waals surface area contributed by atoms with Crippen LogP contribution in [0.1, 0.15) is 5.56 Å². The molecule has 0 aliphatic heterocycles. The van der Waals surface area contributed by atoms with Crippen molar-refractivity contribution in [3.8, 4) is 0 Å². The van der Waals surface area contributed by atoms with E-state index in [2.05, 4.69) is 0 Å². The van der Waals surface area contributed by atoms with E-state index in [1.54, 1.807) is 24.3 Å². The van der Waals surface area contributed by atoms with Crippen LogP contribution in [0.3, 0.4) is 0 Å². The maximum absolute atomic E-state index is 12.0. The van der Waals surface area contributed by atoms with Crippen molar-refractivity contribution in [3.63, 3.8) is 0 Å². The molecule has 0 aliphatic carbocycles. The van der Waals surface area contributed by atoms with E-state index in [-0.39, 0.29) is 0 Å². The molecule has 0 saturated carbocycles. The predicted molar refractivity (Wildman–Crippen MR) is 57.1 cm³/mol. The van der Waals surface area contributed by atoms with Crippen LogP contribution in [-0.2, 0) is 6.54 Å². The summed E-state index contributed by atoms with van der Waals surface area (Å²) >= 11 is 0.964. The first-order valence-electron chi connectivity index (χ1n) is 4.60. The van der Waals surface area contributed by atoms with Crippen LogP contribution in [0.25, 0.3) is 0 Å². The number of hydrogen-bond acceptors (Lipinski definition) is 3. The fraction of sp³-hybridized carbons (Fsp3) is 0.400. The first-order valence-corrected chi connectivity index (χ1v) is 5.58. The van der Waals surface area contributed by atoms with Crippen LogP contribution in [-0.4, -0.2) is 23.1 Å². The van der Waals surface area contributed by atoms with E-state index in [1.807, 2.05) is 0 Å². The highest BCUT2D eigenvalue weighted by atomic mass is 32.2. The van der Waals surface area contributed by atoms with Crippen LogP contribution in [0.4, 0.5) is 13.2 Å². The second-order valence-corrected chi connectivity index (χ2v) is 4.31. The van der Waals surface area contributed by atoms with E-state index in [9.17, 15) is 13.2 Å². The van der Waals surface area contributed by atoms with Crippen LogP contribution >= 0.6 is 11.8 Å². The predicted octanol–water partition coefficient (Wildman–Crippen LogP) is 2.16. The molecule has 0 heterocycles. The summed E-state index contributed by atoms with van der Waals surface area (Å²) in [7, 11) is 0. The smallest absolute Gasteiger partial charge is 0.383 e. The van der Waals surface area contributed by atoms with Crippen molar-refractivity contribution in [1.29, 1.82) is 0 Å². The van der Waals surface area contributed by atoms with Crippen LogP contribution in [0.2, 0.25) is 0 Å². The van der Waals surface area contributed by atoms with Crippen molar-refractivity contribution in [2.75, 3.05) is 5.75 Å². The van der Waals surface area contributed by atoms with Crippen molar-refractivity contribution in [2.45, 2.75) is 23.7 Å². The third-order valence-electron chi connectivity index (χ3n) is 1.94. The van der Waals surface area contributed by atoms with Crippen LogP contribution in [0.5, 0.6) is 0 Å². The summed E-state index contributed by atoms with van der Waals surface area (Å²) in [6.45, 7) is 0.399. The lowest BCUT2D eigenvalue weighted by molar-refractivity contribution is -0.195. The molecule has 16 heavy (non-hydrogen) atoms. The number of thioether (sulfide) groups is 1. The van der Waals surface area contributed by atoms with Gasteiger partial charge in [-0.1, -0.05) is 12.1 Å². The second kappa shape index (κ2) is 5.56. The normalized spacial score (nSPS) is 13.8. The van der Waals surface area contributed by atoms with Gasteiger partial charge < -0.3 is 10.8 Å². The molecule has 2 nitrogen and oxygen atoms in total. The van der Waals surface area contributed by atoms with Gasteiger partial charge in [0, 0.05) is 17.2 Å². The minimum atomic E-state index is -4.55. The Morgan fingerprint density at radius 1 is 1.25 bits per heavy atom. The van der Waals surface area contributed by atoms with Gasteiger partial charge in [-0.15, -0.1) is 11.8 Å². The number of rotatable bonds is 4. The SMILES string of the molecule is NCc1ccc(SCC(O)C(F)(F)F)cc1. The Hall–Kier alpha value is -0.720. The van der Waals surface area contributed by atoms with E-state index in [0.29, 0.717) is 11.4 Å². The fourth-order valence-electron chi connectivity index (χ4n) is 0.991. The summed E-state index contributed by atoms with van der Waals surface area (Å²) in [5.74, 6) is -0.397. The molecule has 1 unspecified atom stereocenters. The van der Waals surface area contributed by atoms with Crippen LogP contribution < -0.4 is 5.73 Å². The van der Waals surface area contributed by atoms with Gasteiger partial charge in [0.2, 0.25) is 0 Å². The van der Waals surface area contributed by atoms with E-state index in [0.717, 1.165) is 17.3 Å². The number of hydrogen-bond donors (Lipinski definition) is 2. The quantitative estimate of drug-likeness (QED) is 0.806. The first kappa shape index (κ1) is 13.3. The van der Waals surface area contributed by atoms with Crippen molar-refractivity contribution >= 4 is 11.8 Å². The van der Waals surface area contributed by atoms with Gasteiger partial charge in [0.05, 0.1) is 0 Å². The van der Waals surface area contributed by atoms with Crippen molar-refractivity contribution in [2.24, 2.45) is 5.73 Å². The molecule has 1 aromatic rings. The average Bonchev–Trinajstić information content (AvgIpc) is 2.25. The number of nitrogens with two attached hydrogens (primary N) is 1. The zero-order valence-corrected chi connectivity index (χ0v) is 9.18. The van der Waals surface area contributed by atoms with Gasteiger partial charge in [0.25, 0.3) is 0 Å². The molecular weight excluding hydrogens is 239 g/mol.